The number of benzene rings is 1. The van der Waals surface area contributed by atoms with Crippen molar-refractivity contribution in [3.63, 3.8) is 0 Å². The molecule has 3 nitrogen and oxygen atoms in total. The fourth-order valence-electron chi connectivity index (χ4n) is 1.93. The molecule has 0 bridgehead atoms. The van der Waals surface area contributed by atoms with E-state index in [0.29, 0.717) is 6.42 Å². The molecule has 0 amide bonds. The van der Waals surface area contributed by atoms with Gasteiger partial charge in [0.1, 0.15) is 5.75 Å². The summed E-state index contributed by atoms with van der Waals surface area (Å²) in [5.41, 5.74) is 9.56. The van der Waals surface area contributed by atoms with Crippen molar-refractivity contribution in [3.05, 3.63) is 27.3 Å². The Bertz CT molecular complexity index is 478. The summed E-state index contributed by atoms with van der Waals surface area (Å²) in [5, 5.41) is 9.52. The number of hydrogen-bond donors (Lipinski definition) is 1. The van der Waals surface area contributed by atoms with Crippen molar-refractivity contribution in [2.75, 3.05) is 7.11 Å². The molecule has 1 atom stereocenters. The maximum Gasteiger partial charge on any atom is 0.125 e. The summed E-state index contributed by atoms with van der Waals surface area (Å²) in [6.07, 6.45) is 0.451. The molecule has 0 heterocycles. The third-order valence-corrected chi connectivity index (χ3v) is 3.65. The van der Waals surface area contributed by atoms with Crippen molar-refractivity contribution in [1.29, 1.82) is 5.26 Å². The number of methoxy groups -OCH3 is 1. The fourth-order valence-corrected chi connectivity index (χ4v) is 2.19. The zero-order valence-electron chi connectivity index (χ0n) is 10.6. The van der Waals surface area contributed by atoms with E-state index in [9.17, 15) is 0 Å². The average molecular weight is 253 g/mol. The first-order chi connectivity index (χ1) is 7.93. The van der Waals surface area contributed by atoms with Gasteiger partial charge >= 0.3 is 0 Å². The van der Waals surface area contributed by atoms with Crippen LogP contribution in [0.25, 0.3) is 0 Å². The van der Waals surface area contributed by atoms with Crippen molar-refractivity contribution in [1.82, 2.24) is 0 Å². The van der Waals surface area contributed by atoms with E-state index in [1.807, 2.05) is 26.8 Å². The van der Waals surface area contributed by atoms with E-state index in [2.05, 4.69) is 0 Å². The van der Waals surface area contributed by atoms with Crippen LogP contribution in [0.1, 0.15) is 22.3 Å². The van der Waals surface area contributed by atoms with Gasteiger partial charge in [-0.1, -0.05) is 11.6 Å². The van der Waals surface area contributed by atoms with Crippen LogP contribution < -0.4 is 10.5 Å². The van der Waals surface area contributed by atoms with Crippen LogP contribution in [0, 0.1) is 32.1 Å². The minimum absolute atomic E-state index is 0.451. The Kier molecular flexibility index (Phi) is 4.39. The van der Waals surface area contributed by atoms with Crippen LogP contribution in [-0.4, -0.2) is 13.2 Å². The number of halogens is 1. The first kappa shape index (κ1) is 13.8. The van der Waals surface area contributed by atoms with Crippen LogP contribution >= 0.6 is 11.6 Å². The lowest BCUT2D eigenvalue weighted by atomic mass is 9.94. The highest BCUT2D eigenvalue weighted by molar-refractivity contribution is 6.32. The summed E-state index contributed by atoms with van der Waals surface area (Å²) in [6, 6.07) is 1.48. The zero-order valence-corrected chi connectivity index (χ0v) is 11.4. The maximum atomic E-state index is 8.79. The molecular formula is C13H17ClN2O. The van der Waals surface area contributed by atoms with Gasteiger partial charge in [-0.05, 0) is 37.5 Å². The van der Waals surface area contributed by atoms with Gasteiger partial charge in [-0.25, -0.2) is 0 Å². The van der Waals surface area contributed by atoms with E-state index in [4.69, 9.17) is 27.3 Å². The van der Waals surface area contributed by atoms with E-state index in [-0.39, 0.29) is 0 Å². The second kappa shape index (κ2) is 5.39. The molecule has 0 aromatic heterocycles. The fraction of sp³-hybridized carbons (Fsp3) is 0.462. The average Bonchev–Trinajstić information content (AvgIpc) is 2.33. The lowest BCUT2D eigenvalue weighted by molar-refractivity contribution is 0.405. The van der Waals surface area contributed by atoms with Crippen molar-refractivity contribution in [2.45, 2.75) is 33.2 Å². The molecule has 0 radical (unpaired) electrons. The molecule has 0 aliphatic rings. The Morgan fingerprint density at radius 2 is 1.88 bits per heavy atom. The second-order valence-electron chi connectivity index (χ2n) is 4.14. The van der Waals surface area contributed by atoms with Crippen molar-refractivity contribution in [2.24, 2.45) is 5.73 Å². The zero-order chi connectivity index (χ0) is 13.2. The summed E-state index contributed by atoms with van der Waals surface area (Å²) in [4.78, 5) is 0. The Morgan fingerprint density at radius 3 is 2.35 bits per heavy atom. The quantitative estimate of drug-likeness (QED) is 0.900. The predicted octanol–water partition coefficient (Wildman–Crippen LogP) is 2.67. The third-order valence-electron chi connectivity index (χ3n) is 3.08. The summed E-state index contributed by atoms with van der Waals surface area (Å²) in [6.45, 7) is 5.85. The van der Waals surface area contributed by atoms with Gasteiger partial charge in [0.2, 0.25) is 0 Å². The standard InChI is InChI=1S/C13H17ClN2O/c1-7-8(2)13(17-4)11(5-10(16)6-15)9(3)12(7)14/h10H,5,16H2,1-4H3. The van der Waals surface area contributed by atoms with Crippen molar-refractivity contribution in [3.8, 4) is 11.8 Å². The maximum absolute atomic E-state index is 8.79. The Balaban J connectivity index is 3.42. The van der Waals surface area contributed by atoms with Gasteiger partial charge in [0.25, 0.3) is 0 Å². The van der Waals surface area contributed by atoms with Crippen LogP contribution in [0.3, 0.4) is 0 Å². The molecule has 1 aromatic rings. The lowest BCUT2D eigenvalue weighted by Crippen LogP contribution is -2.21. The van der Waals surface area contributed by atoms with Crippen molar-refractivity contribution < 1.29 is 4.74 Å². The summed E-state index contributed by atoms with van der Waals surface area (Å²) in [7, 11) is 1.62. The molecule has 0 saturated heterocycles. The second-order valence-corrected chi connectivity index (χ2v) is 4.52. The van der Waals surface area contributed by atoms with Crippen LogP contribution in [0.5, 0.6) is 5.75 Å². The van der Waals surface area contributed by atoms with E-state index in [1.54, 1.807) is 7.11 Å². The van der Waals surface area contributed by atoms with E-state index >= 15 is 0 Å². The summed E-state index contributed by atoms with van der Waals surface area (Å²) < 4.78 is 5.41. The smallest absolute Gasteiger partial charge is 0.125 e. The first-order valence-electron chi connectivity index (χ1n) is 5.41. The molecule has 1 aromatic carbocycles. The number of nitriles is 1. The molecule has 0 aliphatic carbocycles. The van der Waals surface area contributed by atoms with Crippen LogP contribution in [0.2, 0.25) is 5.02 Å². The van der Waals surface area contributed by atoms with Gasteiger partial charge in [-0.15, -0.1) is 0 Å². The molecule has 1 rings (SSSR count). The molecule has 17 heavy (non-hydrogen) atoms. The molecule has 0 saturated carbocycles. The number of rotatable bonds is 3. The molecular weight excluding hydrogens is 236 g/mol. The number of hydrogen-bond acceptors (Lipinski definition) is 3. The monoisotopic (exact) mass is 252 g/mol. The SMILES string of the molecule is COc1c(C)c(C)c(Cl)c(C)c1CC(N)C#N. The summed E-state index contributed by atoms with van der Waals surface area (Å²) >= 11 is 6.26. The van der Waals surface area contributed by atoms with Gasteiger partial charge in [0, 0.05) is 17.0 Å². The highest BCUT2D eigenvalue weighted by Gasteiger charge is 2.18. The summed E-state index contributed by atoms with van der Waals surface area (Å²) in [5.74, 6) is 0.787. The predicted molar refractivity (Wildman–Crippen MR) is 69.5 cm³/mol. The molecule has 4 heteroatoms. The van der Waals surface area contributed by atoms with E-state index < -0.39 is 6.04 Å². The normalized spacial score (nSPS) is 12.1. The molecule has 0 aliphatic heterocycles. The lowest BCUT2D eigenvalue weighted by Gasteiger charge is -2.19. The van der Waals surface area contributed by atoms with Gasteiger partial charge in [-0.2, -0.15) is 5.26 Å². The molecule has 1 unspecified atom stereocenters. The van der Waals surface area contributed by atoms with Crippen LogP contribution in [-0.2, 0) is 6.42 Å². The van der Waals surface area contributed by atoms with E-state index in [1.165, 1.54) is 0 Å². The molecule has 0 fully saturated rings. The number of nitrogens with two attached hydrogens (primary N) is 1. The van der Waals surface area contributed by atoms with Gasteiger partial charge in [0.15, 0.2) is 0 Å². The topological polar surface area (TPSA) is 59.0 Å². The van der Waals surface area contributed by atoms with Crippen LogP contribution in [0.4, 0.5) is 0 Å². The van der Waals surface area contributed by atoms with Crippen LogP contribution in [0.15, 0.2) is 0 Å². The number of nitrogens with zero attached hydrogens (tertiary/aromatic N) is 1. The Morgan fingerprint density at radius 1 is 1.29 bits per heavy atom. The third kappa shape index (κ3) is 2.54. The van der Waals surface area contributed by atoms with E-state index in [0.717, 1.165) is 33.0 Å². The van der Waals surface area contributed by atoms with Crippen molar-refractivity contribution >= 4 is 11.6 Å². The minimum Gasteiger partial charge on any atom is -0.496 e. The minimum atomic E-state index is -0.541. The Labute approximate surface area is 107 Å². The highest BCUT2D eigenvalue weighted by Crippen LogP contribution is 2.36. The molecule has 2 N–H and O–H groups in total. The Hall–Kier alpha value is -1.24. The molecule has 0 spiro atoms. The van der Waals surface area contributed by atoms with Gasteiger partial charge in [0.05, 0.1) is 19.2 Å². The largest absolute Gasteiger partial charge is 0.496 e. The number of ether oxygens (including phenoxy) is 1. The van der Waals surface area contributed by atoms with Gasteiger partial charge < -0.3 is 10.5 Å². The highest BCUT2D eigenvalue weighted by atomic mass is 35.5. The van der Waals surface area contributed by atoms with Gasteiger partial charge in [-0.3, -0.25) is 0 Å². The first-order valence-corrected chi connectivity index (χ1v) is 5.79. The molecule has 92 valence electrons.